The van der Waals surface area contributed by atoms with E-state index in [0.717, 1.165) is 25.2 Å². The molecule has 1 amide bonds. The third kappa shape index (κ3) is 3.40. The highest BCUT2D eigenvalue weighted by Gasteiger charge is 2.37. The minimum atomic E-state index is -0.279. The number of rotatable bonds is 4. The van der Waals surface area contributed by atoms with E-state index in [1.54, 1.807) is 26.0 Å². The minimum Gasteiger partial charge on any atom is -0.354 e. The smallest absolute Gasteiger partial charge is 0.254 e. The molecule has 2 aliphatic rings. The Morgan fingerprint density at radius 2 is 2.11 bits per heavy atom. The molecular formula is C20H25N5O3. The quantitative estimate of drug-likeness (QED) is 0.697. The molecule has 28 heavy (non-hydrogen) atoms. The standard InChI is InChI=1S/C20H25N5O3/c1-11-15(20(28)24-12(2)23-11)7-18(26)22-10-17-14-6-13(8-21-9-14)16-4-3-5-19(27)25(16)17/h3-5,13-14,17,21H,6-10H2,1-2H3,(H,22,26)(H,23,24,28)/t13-,14+,17+/m1/s1. The van der Waals surface area contributed by atoms with Crippen molar-refractivity contribution in [2.75, 3.05) is 19.6 Å². The van der Waals surface area contributed by atoms with Gasteiger partial charge in [-0.25, -0.2) is 4.98 Å². The van der Waals surface area contributed by atoms with Crippen LogP contribution < -0.4 is 21.8 Å². The highest BCUT2D eigenvalue weighted by Crippen LogP contribution is 2.37. The van der Waals surface area contributed by atoms with Gasteiger partial charge in [-0.3, -0.25) is 14.4 Å². The maximum atomic E-state index is 12.5. The average molecular weight is 383 g/mol. The molecule has 1 saturated heterocycles. The lowest BCUT2D eigenvalue weighted by atomic mass is 9.79. The van der Waals surface area contributed by atoms with Crippen molar-refractivity contribution in [1.82, 2.24) is 25.2 Å². The summed E-state index contributed by atoms with van der Waals surface area (Å²) < 4.78 is 1.85. The summed E-state index contributed by atoms with van der Waals surface area (Å²) in [5, 5.41) is 6.38. The van der Waals surface area contributed by atoms with Crippen LogP contribution in [0, 0.1) is 19.8 Å². The molecule has 148 valence electrons. The van der Waals surface area contributed by atoms with Crippen molar-refractivity contribution in [3.8, 4) is 0 Å². The van der Waals surface area contributed by atoms with Crippen molar-refractivity contribution >= 4 is 5.91 Å². The fraction of sp³-hybridized carbons (Fsp3) is 0.500. The number of fused-ring (bicyclic) bond motifs is 4. The first-order valence-electron chi connectivity index (χ1n) is 9.69. The second-order valence-corrected chi connectivity index (χ2v) is 7.77. The van der Waals surface area contributed by atoms with Crippen LogP contribution in [0.25, 0.3) is 0 Å². The molecule has 2 bridgehead atoms. The minimum absolute atomic E-state index is 0.0245. The number of aromatic amines is 1. The maximum Gasteiger partial charge on any atom is 0.254 e. The van der Waals surface area contributed by atoms with Crippen LogP contribution in [0.4, 0.5) is 0 Å². The highest BCUT2D eigenvalue weighted by molar-refractivity contribution is 5.78. The number of hydrogen-bond donors (Lipinski definition) is 3. The molecule has 0 unspecified atom stereocenters. The predicted octanol–water partition coefficient (Wildman–Crippen LogP) is 0.155. The Morgan fingerprint density at radius 3 is 2.89 bits per heavy atom. The van der Waals surface area contributed by atoms with E-state index in [1.807, 2.05) is 10.6 Å². The van der Waals surface area contributed by atoms with Crippen molar-refractivity contribution < 1.29 is 4.79 Å². The number of amides is 1. The lowest BCUT2D eigenvalue weighted by Crippen LogP contribution is -2.50. The van der Waals surface area contributed by atoms with Crippen LogP contribution in [0.2, 0.25) is 0 Å². The lowest BCUT2D eigenvalue weighted by Gasteiger charge is -2.43. The Bertz CT molecular complexity index is 1030. The summed E-state index contributed by atoms with van der Waals surface area (Å²) in [4.78, 5) is 44.1. The number of pyridine rings is 1. The number of carbonyl (C=O) groups is 1. The van der Waals surface area contributed by atoms with Crippen LogP contribution >= 0.6 is 0 Å². The van der Waals surface area contributed by atoms with E-state index in [9.17, 15) is 14.4 Å². The SMILES string of the molecule is Cc1nc(C)c(CC(=O)NC[C@H]2[C@@H]3CNC[C@@H](C3)c3cccc(=O)n32)c(=O)[nH]1. The van der Waals surface area contributed by atoms with Crippen LogP contribution in [0.5, 0.6) is 0 Å². The van der Waals surface area contributed by atoms with Gasteiger partial charge in [0.05, 0.1) is 12.5 Å². The summed E-state index contributed by atoms with van der Waals surface area (Å²) in [6.07, 6.45) is 0.987. The summed E-state index contributed by atoms with van der Waals surface area (Å²) in [5.41, 5.74) is 1.67. The second-order valence-electron chi connectivity index (χ2n) is 7.77. The Labute approximate surface area is 162 Å². The molecule has 4 heterocycles. The molecule has 3 atom stereocenters. The summed E-state index contributed by atoms with van der Waals surface area (Å²) in [5.74, 6) is 0.914. The molecule has 0 radical (unpaired) electrons. The zero-order valence-electron chi connectivity index (χ0n) is 16.1. The van der Waals surface area contributed by atoms with Crippen LogP contribution in [0.1, 0.15) is 41.2 Å². The molecule has 3 N–H and O–H groups in total. The topological polar surface area (TPSA) is 109 Å². The largest absolute Gasteiger partial charge is 0.354 e. The fourth-order valence-electron chi connectivity index (χ4n) is 4.57. The van der Waals surface area contributed by atoms with E-state index >= 15 is 0 Å². The van der Waals surface area contributed by atoms with E-state index < -0.39 is 0 Å². The zero-order valence-corrected chi connectivity index (χ0v) is 16.1. The van der Waals surface area contributed by atoms with Gasteiger partial charge >= 0.3 is 0 Å². The molecular weight excluding hydrogens is 358 g/mol. The lowest BCUT2D eigenvalue weighted by molar-refractivity contribution is -0.120. The fourth-order valence-corrected chi connectivity index (χ4v) is 4.57. The summed E-state index contributed by atoms with van der Waals surface area (Å²) in [6, 6.07) is 5.30. The van der Waals surface area contributed by atoms with Crippen molar-refractivity contribution in [3.63, 3.8) is 0 Å². The molecule has 2 aromatic heterocycles. The number of hydrogen-bond acceptors (Lipinski definition) is 5. The van der Waals surface area contributed by atoms with Crippen LogP contribution in [0.15, 0.2) is 27.8 Å². The predicted molar refractivity (Wildman–Crippen MR) is 105 cm³/mol. The first kappa shape index (κ1) is 18.6. The molecule has 4 rings (SSSR count). The van der Waals surface area contributed by atoms with Gasteiger partial charge in [-0.05, 0) is 32.3 Å². The normalized spacial score (nSPS) is 23.1. The van der Waals surface area contributed by atoms with Crippen molar-refractivity contribution in [3.05, 3.63) is 61.7 Å². The molecule has 0 aromatic carbocycles. The molecule has 2 aliphatic heterocycles. The number of H-pyrrole nitrogens is 1. The van der Waals surface area contributed by atoms with E-state index in [4.69, 9.17) is 0 Å². The zero-order chi connectivity index (χ0) is 19.8. The number of carbonyl (C=O) groups excluding carboxylic acids is 1. The molecule has 0 saturated carbocycles. The van der Waals surface area contributed by atoms with Gasteiger partial charge in [-0.1, -0.05) is 6.07 Å². The monoisotopic (exact) mass is 383 g/mol. The van der Waals surface area contributed by atoms with E-state index in [2.05, 4.69) is 20.6 Å². The van der Waals surface area contributed by atoms with Gasteiger partial charge < -0.3 is 20.2 Å². The van der Waals surface area contributed by atoms with Gasteiger partial charge in [-0.2, -0.15) is 0 Å². The third-order valence-electron chi connectivity index (χ3n) is 5.89. The molecule has 1 fully saturated rings. The maximum absolute atomic E-state index is 12.5. The number of nitrogens with zero attached hydrogens (tertiary/aromatic N) is 2. The van der Waals surface area contributed by atoms with Crippen LogP contribution in [-0.2, 0) is 11.2 Å². The summed E-state index contributed by atoms with van der Waals surface area (Å²) in [6.45, 7) is 5.52. The van der Waals surface area contributed by atoms with Gasteiger partial charge in [-0.15, -0.1) is 0 Å². The van der Waals surface area contributed by atoms with Gasteiger partial charge in [0.2, 0.25) is 5.91 Å². The molecule has 2 aromatic rings. The average Bonchev–Trinajstić information content (AvgIpc) is 2.65. The Kier molecular flexibility index (Phi) is 4.89. The van der Waals surface area contributed by atoms with Gasteiger partial charge in [0.1, 0.15) is 5.82 Å². The number of aryl methyl sites for hydroxylation is 2. The Morgan fingerprint density at radius 1 is 1.29 bits per heavy atom. The van der Waals surface area contributed by atoms with E-state index in [0.29, 0.717) is 29.5 Å². The number of nitrogens with one attached hydrogen (secondary N) is 3. The first-order valence-corrected chi connectivity index (χ1v) is 9.69. The van der Waals surface area contributed by atoms with Gasteiger partial charge in [0.25, 0.3) is 11.1 Å². The van der Waals surface area contributed by atoms with Crippen molar-refractivity contribution in [2.45, 2.75) is 38.6 Å². The van der Waals surface area contributed by atoms with Gasteiger partial charge in [0, 0.05) is 48.6 Å². The van der Waals surface area contributed by atoms with Gasteiger partial charge in [0.15, 0.2) is 0 Å². The van der Waals surface area contributed by atoms with E-state index in [-0.39, 0.29) is 35.4 Å². The van der Waals surface area contributed by atoms with Crippen LogP contribution in [-0.4, -0.2) is 40.1 Å². The number of piperidine rings is 1. The molecule has 8 heteroatoms. The van der Waals surface area contributed by atoms with Crippen LogP contribution in [0.3, 0.4) is 0 Å². The summed E-state index contributed by atoms with van der Waals surface area (Å²) >= 11 is 0. The highest BCUT2D eigenvalue weighted by atomic mass is 16.2. The molecule has 0 spiro atoms. The second kappa shape index (κ2) is 7.35. The van der Waals surface area contributed by atoms with Crippen molar-refractivity contribution in [1.29, 1.82) is 0 Å². The molecule has 8 nitrogen and oxygen atoms in total. The Hall–Kier alpha value is -2.74. The summed E-state index contributed by atoms with van der Waals surface area (Å²) in [7, 11) is 0. The van der Waals surface area contributed by atoms with Crippen molar-refractivity contribution in [2.24, 2.45) is 5.92 Å². The third-order valence-corrected chi connectivity index (χ3v) is 5.89. The molecule has 0 aliphatic carbocycles. The number of aromatic nitrogens is 3. The first-order chi connectivity index (χ1) is 13.4. The Balaban J connectivity index is 1.52. The van der Waals surface area contributed by atoms with E-state index in [1.165, 1.54) is 0 Å².